The van der Waals surface area contributed by atoms with Gasteiger partial charge in [-0.3, -0.25) is 0 Å². The van der Waals surface area contributed by atoms with E-state index in [0.29, 0.717) is 0 Å². The van der Waals surface area contributed by atoms with Crippen molar-refractivity contribution in [1.29, 1.82) is 0 Å². The number of aryl methyl sites for hydroxylation is 2. The van der Waals surface area contributed by atoms with Crippen LogP contribution < -0.4 is 0 Å². The third-order valence-corrected chi connectivity index (χ3v) is 4.89. The molecule has 0 nitrogen and oxygen atoms in total. The normalized spacial score (nSPS) is 17.4. The molecule has 1 aliphatic carbocycles. The molecular formula is C15H21Br. The molecule has 1 aromatic carbocycles. The molecule has 1 saturated carbocycles. The third-order valence-electron chi connectivity index (χ3n) is 3.68. The van der Waals surface area contributed by atoms with Gasteiger partial charge >= 0.3 is 0 Å². The van der Waals surface area contributed by atoms with Gasteiger partial charge in [0.1, 0.15) is 0 Å². The van der Waals surface area contributed by atoms with Crippen molar-refractivity contribution in [2.24, 2.45) is 5.92 Å². The molecule has 1 fully saturated rings. The van der Waals surface area contributed by atoms with E-state index in [9.17, 15) is 0 Å². The van der Waals surface area contributed by atoms with Crippen LogP contribution in [-0.2, 0) is 6.42 Å². The maximum Gasteiger partial charge on any atom is 0.0174 e. The molecule has 16 heavy (non-hydrogen) atoms. The molecule has 0 radical (unpaired) electrons. The number of halogens is 1. The van der Waals surface area contributed by atoms with E-state index >= 15 is 0 Å². The molecule has 0 N–H and O–H groups in total. The molecular weight excluding hydrogens is 260 g/mol. The first-order chi connectivity index (χ1) is 7.68. The monoisotopic (exact) mass is 280 g/mol. The molecule has 0 bridgehead atoms. The predicted octanol–water partition coefficient (Wildman–Crippen LogP) is 4.80. The standard InChI is InChI=1S/C15H21Br/c1-11-5-3-6-12(2)14(11)7-4-8-15(16)13-9-10-13/h3,5-6,13,15H,4,7-10H2,1-2H3. The second kappa shape index (κ2) is 5.35. The maximum absolute atomic E-state index is 3.82. The van der Waals surface area contributed by atoms with E-state index in [1.165, 1.54) is 43.2 Å². The van der Waals surface area contributed by atoms with Crippen LogP contribution in [-0.4, -0.2) is 4.83 Å². The van der Waals surface area contributed by atoms with Gasteiger partial charge in [0.25, 0.3) is 0 Å². The van der Waals surface area contributed by atoms with Gasteiger partial charge in [0, 0.05) is 4.83 Å². The van der Waals surface area contributed by atoms with Crippen LogP contribution >= 0.6 is 15.9 Å². The zero-order chi connectivity index (χ0) is 11.5. The molecule has 0 amide bonds. The van der Waals surface area contributed by atoms with E-state index < -0.39 is 0 Å². The summed E-state index contributed by atoms with van der Waals surface area (Å²) in [6, 6.07) is 6.62. The lowest BCUT2D eigenvalue weighted by Crippen LogP contribution is -2.02. The van der Waals surface area contributed by atoms with Crippen molar-refractivity contribution in [2.45, 2.75) is 50.8 Å². The van der Waals surface area contributed by atoms with Crippen LogP contribution in [0.5, 0.6) is 0 Å². The summed E-state index contributed by atoms with van der Waals surface area (Å²) >= 11 is 3.82. The second-order valence-electron chi connectivity index (χ2n) is 5.12. The smallest absolute Gasteiger partial charge is 0.0174 e. The Kier molecular flexibility index (Phi) is 4.07. The van der Waals surface area contributed by atoms with E-state index in [4.69, 9.17) is 0 Å². The Hall–Kier alpha value is -0.300. The fourth-order valence-electron chi connectivity index (χ4n) is 2.41. The van der Waals surface area contributed by atoms with Crippen molar-refractivity contribution in [1.82, 2.24) is 0 Å². The Morgan fingerprint density at radius 3 is 2.44 bits per heavy atom. The average Bonchev–Trinajstić information content (AvgIpc) is 3.05. The van der Waals surface area contributed by atoms with E-state index in [2.05, 4.69) is 48.0 Å². The Bertz CT molecular complexity index is 332. The minimum absolute atomic E-state index is 0.775. The van der Waals surface area contributed by atoms with Gasteiger partial charge in [0.05, 0.1) is 0 Å². The second-order valence-corrected chi connectivity index (χ2v) is 6.29. The van der Waals surface area contributed by atoms with Gasteiger partial charge < -0.3 is 0 Å². The highest BCUT2D eigenvalue weighted by Crippen LogP contribution is 2.38. The topological polar surface area (TPSA) is 0 Å². The van der Waals surface area contributed by atoms with Crippen LogP contribution in [0.15, 0.2) is 18.2 Å². The molecule has 2 rings (SSSR count). The summed E-state index contributed by atoms with van der Waals surface area (Å²) in [6.07, 6.45) is 6.78. The Balaban J connectivity index is 1.84. The maximum atomic E-state index is 3.82. The van der Waals surface area contributed by atoms with Gasteiger partial charge in [-0.25, -0.2) is 0 Å². The number of rotatable bonds is 5. The zero-order valence-electron chi connectivity index (χ0n) is 10.3. The highest BCUT2D eigenvalue weighted by molar-refractivity contribution is 9.09. The summed E-state index contributed by atoms with van der Waals surface area (Å²) in [6.45, 7) is 4.46. The van der Waals surface area contributed by atoms with Gasteiger partial charge in [0.2, 0.25) is 0 Å². The van der Waals surface area contributed by atoms with Gasteiger partial charge in [-0.05, 0) is 68.6 Å². The summed E-state index contributed by atoms with van der Waals surface area (Å²) < 4.78 is 0. The van der Waals surface area contributed by atoms with Crippen LogP contribution in [0.25, 0.3) is 0 Å². The van der Waals surface area contributed by atoms with E-state index in [0.717, 1.165) is 10.7 Å². The average molecular weight is 281 g/mol. The number of hydrogen-bond donors (Lipinski definition) is 0. The first-order valence-corrected chi connectivity index (χ1v) is 7.29. The van der Waals surface area contributed by atoms with E-state index in [1.807, 2.05) is 0 Å². The molecule has 0 saturated heterocycles. The van der Waals surface area contributed by atoms with Crippen molar-refractivity contribution in [3.05, 3.63) is 34.9 Å². The van der Waals surface area contributed by atoms with Crippen molar-refractivity contribution < 1.29 is 0 Å². The predicted molar refractivity (Wildman–Crippen MR) is 74.3 cm³/mol. The molecule has 0 spiro atoms. The first kappa shape index (κ1) is 12.2. The quantitative estimate of drug-likeness (QED) is 0.680. The fourth-order valence-corrected chi connectivity index (χ4v) is 3.26. The molecule has 0 aromatic heterocycles. The molecule has 88 valence electrons. The summed E-state index contributed by atoms with van der Waals surface area (Å²) in [5.41, 5.74) is 4.48. The van der Waals surface area contributed by atoms with Gasteiger partial charge in [-0.1, -0.05) is 34.1 Å². The molecule has 1 heteroatoms. The highest BCUT2D eigenvalue weighted by atomic mass is 79.9. The van der Waals surface area contributed by atoms with Crippen molar-refractivity contribution >= 4 is 15.9 Å². The highest BCUT2D eigenvalue weighted by Gasteiger charge is 2.28. The summed E-state index contributed by atoms with van der Waals surface area (Å²) in [5, 5.41) is 0. The van der Waals surface area contributed by atoms with E-state index in [1.54, 1.807) is 5.56 Å². The van der Waals surface area contributed by atoms with Crippen LogP contribution in [0.4, 0.5) is 0 Å². The molecule has 1 aliphatic rings. The van der Waals surface area contributed by atoms with Gasteiger partial charge in [0.15, 0.2) is 0 Å². The van der Waals surface area contributed by atoms with Crippen LogP contribution in [0.2, 0.25) is 0 Å². The first-order valence-electron chi connectivity index (χ1n) is 6.37. The van der Waals surface area contributed by atoms with Crippen LogP contribution in [0, 0.1) is 19.8 Å². The van der Waals surface area contributed by atoms with Crippen molar-refractivity contribution in [2.75, 3.05) is 0 Å². The van der Waals surface area contributed by atoms with Gasteiger partial charge in [-0.15, -0.1) is 0 Å². The molecule has 0 aliphatic heterocycles. The van der Waals surface area contributed by atoms with E-state index in [-0.39, 0.29) is 0 Å². The fraction of sp³-hybridized carbons (Fsp3) is 0.600. The Labute approximate surface area is 108 Å². The third kappa shape index (κ3) is 3.10. The number of hydrogen-bond acceptors (Lipinski definition) is 0. The zero-order valence-corrected chi connectivity index (χ0v) is 11.9. The molecule has 1 unspecified atom stereocenters. The molecule has 0 heterocycles. The minimum Gasteiger partial charge on any atom is -0.0888 e. The Morgan fingerprint density at radius 1 is 1.25 bits per heavy atom. The summed E-state index contributed by atoms with van der Waals surface area (Å²) in [4.78, 5) is 0.775. The van der Waals surface area contributed by atoms with Crippen LogP contribution in [0.3, 0.4) is 0 Å². The SMILES string of the molecule is Cc1cccc(C)c1CCCC(Br)C1CC1. The Morgan fingerprint density at radius 2 is 1.88 bits per heavy atom. The lowest BCUT2D eigenvalue weighted by atomic mass is 9.97. The number of alkyl halides is 1. The lowest BCUT2D eigenvalue weighted by molar-refractivity contribution is 0.652. The minimum atomic E-state index is 0.775. The van der Waals surface area contributed by atoms with Crippen molar-refractivity contribution in [3.63, 3.8) is 0 Å². The number of benzene rings is 1. The van der Waals surface area contributed by atoms with Gasteiger partial charge in [-0.2, -0.15) is 0 Å². The largest absolute Gasteiger partial charge is 0.0888 e. The summed E-state index contributed by atoms with van der Waals surface area (Å²) in [5.74, 6) is 0.984. The molecule has 1 atom stereocenters. The lowest BCUT2D eigenvalue weighted by Gasteiger charge is -2.11. The van der Waals surface area contributed by atoms with Crippen LogP contribution in [0.1, 0.15) is 42.4 Å². The molecule has 1 aromatic rings. The van der Waals surface area contributed by atoms with Crippen molar-refractivity contribution in [3.8, 4) is 0 Å². The summed E-state index contributed by atoms with van der Waals surface area (Å²) in [7, 11) is 0.